The molecule has 1 aromatic heterocycles. The smallest absolute Gasteiger partial charge is 0.250 e. The summed E-state index contributed by atoms with van der Waals surface area (Å²) in [6.45, 7) is 11.1. The van der Waals surface area contributed by atoms with Gasteiger partial charge in [-0.2, -0.15) is 5.10 Å². The van der Waals surface area contributed by atoms with Gasteiger partial charge in [-0.05, 0) is 30.3 Å². The molecule has 1 heterocycles. The molecule has 4 nitrogen and oxygen atoms in total. The summed E-state index contributed by atoms with van der Waals surface area (Å²) in [6.07, 6.45) is 1.77. The van der Waals surface area contributed by atoms with Gasteiger partial charge in [0.05, 0.1) is 24.2 Å². The average molecular weight is 278 g/mol. The molecule has 0 spiro atoms. The van der Waals surface area contributed by atoms with Gasteiger partial charge in [-0.1, -0.05) is 20.8 Å². The molecule has 0 saturated carbocycles. The first-order valence-corrected chi connectivity index (χ1v) is 9.36. The van der Waals surface area contributed by atoms with Crippen molar-refractivity contribution in [2.75, 3.05) is 7.11 Å². The van der Waals surface area contributed by atoms with Gasteiger partial charge in [0.1, 0.15) is 5.75 Å². The molecule has 0 saturated heterocycles. The van der Waals surface area contributed by atoms with Crippen molar-refractivity contribution in [1.82, 2.24) is 10.2 Å². The van der Waals surface area contributed by atoms with Crippen LogP contribution < -0.4 is 9.16 Å². The fraction of sp³-hybridized carbons (Fsp3) is 0.500. The Balaban J connectivity index is 2.46. The summed E-state index contributed by atoms with van der Waals surface area (Å²) in [4.78, 5) is 0. The van der Waals surface area contributed by atoms with Crippen molar-refractivity contribution in [2.45, 2.75) is 38.9 Å². The maximum Gasteiger partial charge on any atom is 0.250 e. The number of aromatic nitrogens is 2. The Bertz CT molecular complexity index is 585. The summed E-state index contributed by atoms with van der Waals surface area (Å²) in [5, 5.41) is 8.10. The van der Waals surface area contributed by atoms with E-state index in [0.29, 0.717) is 0 Å². The van der Waals surface area contributed by atoms with Gasteiger partial charge >= 0.3 is 0 Å². The van der Waals surface area contributed by atoms with Crippen molar-refractivity contribution in [1.29, 1.82) is 0 Å². The minimum Gasteiger partial charge on any atom is -0.541 e. The zero-order valence-corrected chi connectivity index (χ0v) is 13.5. The van der Waals surface area contributed by atoms with E-state index in [-0.39, 0.29) is 5.04 Å². The Labute approximate surface area is 115 Å². The number of aromatic amines is 1. The summed E-state index contributed by atoms with van der Waals surface area (Å²) in [6, 6.07) is 3.94. The van der Waals surface area contributed by atoms with E-state index in [0.717, 1.165) is 22.4 Å². The van der Waals surface area contributed by atoms with Gasteiger partial charge in [0.2, 0.25) is 0 Å². The van der Waals surface area contributed by atoms with E-state index < -0.39 is 8.32 Å². The SMILES string of the molecule is COc1c(O[Si](C)(C)C(C)(C)C)ccc2[nH]ncc12. The fourth-order valence-electron chi connectivity index (χ4n) is 1.69. The Morgan fingerprint density at radius 2 is 1.89 bits per heavy atom. The summed E-state index contributed by atoms with van der Waals surface area (Å²) < 4.78 is 11.9. The lowest BCUT2D eigenvalue weighted by molar-refractivity contribution is 0.390. The summed E-state index contributed by atoms with van der Waals surface area (Å²) in [5.74, 6) is 1.57. The number of benzene rings is 1. The van der Waals surface area contributed by atoms with E-state index >= 15 is 0 Å². The topological polar surface area (TPSA) is 47.1 Å². The molecule has 19 heavy (non-hydrogen) atoms. The minimum absolute atomic E-state index is 0.156. The molecular formula is C14H22N2O2Si. The molecule has 0 aliphatic rings. The number of methoxy groups -OCH3 is 1. The number of hydrogen-bond donors (Lipinski definition) is 1. The summed E-state index contributed by atoms with van der Waals surface area (Å²) in [7, 11) is -0.204. The molecule has 0 radical (unpaired) electrons. The largest absolute Gasteiger partial charge is 0.541 e. The Kier molecular flexibility index (Phi) is 3.34. The number of H-pyrrole nitrogens is 1. The quantitative estimate of drug-likeness (QED) is 0.865. The fourth-order valence-corrected chi connectivity index (χ4v) is 2.71. The van der Waals surface area contributed by atoms with Crippen LogP contribution in [0.4, 0.5) is 0 Å². The second-order valence-electron chi connectivity index (χ2n) is 6.29. The lowest BCUT2D eigenvalue weighted by Crippen LogP contribution is -2.43. The molecule has 104 valence electrons. The second kappa shape index (κ2) is 4.56. The van der Waals surface area contributed by atoms with Gasteiger partial charge in [-0.25, -0.2) is 0 Å². The Hall–Kier alpha value is -1.49. The van der Waals surface area contributed by atoms with Crippen LogP contribution in [0.5, 0.6) is 11.5 Å². The zero-order chi connectivity index (χ0) is 14.3. The van der Waals surface area contributed by atoms with E-state index in [2.05, 4.69) is 44.1 Å². The molecule has 0 bridgehead atoms. The van der Waals surface area contributed by atoms with E-state index in [1.54, 1.807) is 13.3 Å². The normalized spacial score (nSPS) is 12.7. The van der Waals surface area contributed by atoms with Crippen molar-refractivity contribution < 1.29 is 9.16 Å². The van der Waals surface area contributed by atoms with Gasteiger partial charge < -0.3 is 9.16 Å². The van der Waals surface area contributed by atoms with Crippen LogP contribution in [-0.4, -0.2) is 25.6 Å². The molecule has 0 aliphatic heterocycles. The Morgan fingerprint density at radius 1 is 1.21 bits per heavy atom. The standard InChI is InChI=1S/C14H22N2O2Si/c1-14(2,3)19(5,6)18-12-8-7-11-10(9-15-16-11)13(12)17-4/h7-9H,1-6H3,(H,15,16). The summed E-state index contributed by atoms with van der Waals surface area (Å²) in [5.41, 5.74) is 0.958. The highest BCUT2D eigenvalue weighted by atomic mass is 28.4. The average Bonchev–Trinajstić information content (AvgIpc) is 2.74. The van der Waals surface area contributed by atoms with Gasteiger partial charge in [0.25, 0.3) is 8.32 Å². The molecule has 1 aromatic carbocycles. The molecular weight excluding hydrogens is 256 g/mol. The van der Waals surface area contributed by atoms with E-state index in [9.17, 15) is 0 Å². The number of hydrogen-bond acceptors (Lipinski definition) is 3. The maximum absolute atomic E-state index is 6.34. The molecule has 2 rings (SSSR count). The first kappa shape index (κ1) is 13.9. The van der Waals surface area contributed by atoms with Crippen molar-refractivity contribution in [3.63, 3.8) is 0 Å². The molecule has 0 unspecified atom stereocenters. The van der Waals surface area contributed by atoms with Crippen LogP contribution in [0.1, 0.15) is 20.8 Å². The van der Waals surface area contributed by atoms with E-state index in [1.807, 2.05) is 12.1 Å². The molecule has 0 atom stereocenters. The predicted molar refractivity (Wildman–Crippen MR) is 80.5 cm³/mol. The molecule has 0 amide bonds. The minimum atomic E-state index is -1.87. The van der Waals surface area contributed by atoms with Gasteiger partial charge in [-0.3, -0.25) is 5.10 Å². The highest BCUT2D eigenvalue weighted by Gasteiger charge is 2.39. The second-order valence-corrected chi connectivity index (χ2v) is 11.0. The number of nitrogens with zero attached hydrogens (tertiary/aromatic N) is 1. The van der Waals surface area contributed by atoms with Gasteiger partial charge in [0, 0.05) is 0 Å². The first-order chi connectivity index (χ1) is 8.76. The lowest BCUT2D eigenvalue weighted by Gasteiger charge is -2.36. The monoisotopic (exact) mass is 278 g/mol. The van der Waals surface area contributed by atoms with E-state index in [1.165, 1.54) is 0 Å². The van der Waals surface area contributed by atoms with E-state index in [4.69, 9.17) is 9.16 Å². The predicted octanol–water partition coefficient (Wildman–Crippen LogP) is 3.96. The molecule has 5 heteroatoms. The third-order valence-corrected chi connectivity index (χ3v) is 8.26. The molecule has 0 aliphatic carbocycles. The highest BCUT2D eigenvalue weighted by molar-refractivity contribution is 6.74. The van der Waals surface area contributed by atoms with Crippen molar-refractivity contribution in [2.24, 2.45) is 0 Å². The number of rotatable bonds is 3. The van der Waals surface area contributed by atoms with Crippen LogP contribution in [0.2, 0.25) is 18.1 Å². The van der Waals surface area contributed by atoms with Crippen LogP contribution in [-0.2, 0) is 0 Å². The van der Waals surface area contributed by atoms with Crippen molar-refractivity contribution >= 4 is 19.2 Å². The van der Waals surface area contributed by atoms with Crippen LogP contribution >= 0.6 is 0 Å². The zero-order valence-electron chi connectivity index (χ0n) is 12.5. The Morgan fingerprint density at radius 3 is 2.47 bits per heavy atom. The third-order valence-electron chi connectivity index (χ3n) is 3.91. The van der Waals surface area contributed by atoms with Gasteiger partial charge in [0.15, 0.2) is 5.75 Å². The van der Waals surface area contributed by atoms with Crippen LogP contribution in [0.25, 0.3) is 10.9 Å². The molecule has 2 aromatic rings. The maximum atomic E-state index is 6.34. The summed E-state index contributed by atoms with van der Waals surface area (Å²) >= 11 is 0. The number of ether oxygens (including phenoxy) is 1. The third kappa shape index (κ3) is 2.47. The van der Waals surface area contributed by atoms with Crippen LogP contribution in [0, 0.1) is 0 Å². The number of nitrogens with one attached hydrogen (secondary N) is 1. The number of fused-ring (bicyclic) bond motifs is 1. The van der Waals surface area contributed by atoms with Crippen molar-refractivity contribution in [3.05, 3.63) is 18.3 Å². The lowest BCUT2D eigenvalue weighted by atomic mass is 10.2. The van der Waals surface area contributed by atoms with Gasteiger partial charge in [-0.15, -0.1) is 0 Å². The molecule has 1 N–H and O–H groups in total. The highest BCUT2D eigenvalue weighted by Crippen LogP contribution is 2.41. The first-order valence-electron chi connectivity index (χ1n) is 6.45. The molecule has 0 fully saturated rings. The van der Waals surface area contributed by atoms with Crippen LogP contribution in [0.3, 0.4) is 0 Å². The van der Waals surface area contributed by atoms with Crippen molar-refractivity contribution in [3.8, 4) is 11.5 Å². The van der Waals surface area contributed by atoms with Crippen LogP contribution in [0.15, 0.2) is 18.3 Å².